The van der Waals surface area contributed by atoms with E-state index in [1.54, 1.807) is 6.20 Å². The van der Waals surface area contributed by atoms with Gasteiger partial charge < -0.3 is 4.74 Å². The van der Waals surface area contributed by atoms with E-state index in [1.807, 2.05) is 30.3 Å². The molecular weight excluding hydrogens is 334 g/mol. The van der Waals surface area contributed by atoms with Crippen molar-refractivity contribution in [3.05, 3.63) is 65.3 Å². The van der Waals surface area contributed by atoms with Gasteiger partial charge in [0.05, 0.1) is 18.4 Å². The number of benzene rings is 2. The second-order valence-electron chi connectivity index (χ2n) is 5.09. The SMILES string of the molecule is COc1cc(Cl)ccc1S(=O)(=O)Cc1cnc2ccccc2c1. The minimum absolute atomic E-state index is 0.123. The molecule has 3 aromatic rings. The highest BCUT2D eigenvalue weighted by Gasteiger charge is 2.21. The van der Waals surface area contributed by atoms with E-state index in [2.05, 4.69) is 4.98 Å². The molecule has 0 N–H and O–H groups in total. The molecule has 0 unspecified atom stereocenters. The maximum absolute atomic E-state index is 12.7. The van der Waals surface area contributed by atoms with Gasteiger partial charge in [0.2, 0.25) is 0 Å². The summed E-state index contributed by atoms with van der Waals surface area (Å²) in [5.74, 6) is 0.0919. The van der Waals surface area contributed by atoms with Gasteiger partial charge in [-0.1, -0.05) is 29.8 Å². The lowest BCUT2D eigenvalue weighted by Gasteiger charge is -2.10. The number of nitrogens with zero attached hydrogens (tertiary/aromatic N) is 1. The molecular formula is C17H14ClNO3S. The summed E-state index contributed by atoms with van der Waals surface area (Å²) < 4.78 is 30.5. The molecule has 0 atom stereocenters. The van der Waals surface area contributed by atoms with Gasteiger partial charge in [-0.25, -0.2) is 8.42 Å². The Hall–Kier alpha value is -2.11. The van der Waals surface area contributed by atoms with Crippen LogP contribution in [-0.2, 0) is 15.6 Å². The summed E-state index contributed by atoms with van der Waals surface area (Å²) in [5, 5.41) is 1.33. The molecule has 2 aromatic carbocycles. The van der Waals surface area contributed by atoms with Crippen LogP contribution in [-0.4, -0.2) is 20.5 Å². The highest BCUT2D eigenvalue weighted by molar-refractivity contribution is 7.90. The number of sulfone groups is 1. The maximum Gasteiger partial charge on any atom is 0.186 e. The number of hydrogen-bond donors (Lipinski definition) is 0. The molecule has 1 heterocycles. The third kappa shape index (κ3) is 3.30. The van der Waals surface area contributed by atoms with Gasteiger partial charge in [0.15, 0.2) is 9.84 Å². The van der Waals surface area contributed by atoms with Crippen LogP contribution in [0.15, 0.2) is 59.6 Å². The number of halogens is 1. The number of para-hydroxylation sites is 1. The Bertz CT molecular complexity index is 970. The molecule has 118 valence electrons. The molecule has 4 nitrogen and oxygen atoms in total. The molecule has 0 aliphatic rings. The highest BCUT2D eigenvalue weighted by Crippen LogP contribution is 2.29. The summed E-state index contributed by atoms with van der Waals surface area (Å²) >= 11 is 5.89. The predicted octanol–water partition coefficient (Wildman–Crippen LogP) is 3.87. The van der Waals surface area contributed by atoms with Crippen LogP contribution in [0.2, 0.25) is 5.02 Å². The van der Waals surface area contributed by atoms with Crippen LogP contribution in [0, 0.1) is 0 Å². The molecule has 0 saturated heterocycles. The van der Waals surface area contributed by atoms with Crippen molar-refractivity contribution in [3.63, 3.8) is 0 Å². The number of fused-ring (bicyclic) bond motifs is 1. The van der Waals surface area contributed by atoms with Gasteiger partial charge in [-0.3, -0.25) is 4.98 Å². The zero-order valence-corrected chi connectivity index (χ0v) is 13.9. The Kier molecular flexibility index (Phi) is 4.24. The number of rotatable bonds is 4. The highest BCUT2D eigenvalue weighted by atomic mass is 35.5. The first-order chi connectivity index (χ1) is 11.0. The monoisotopic (exact) mass is 347 g/mol. The lowest BCUT2D eigenvalue weighted by molar-refractivity contribution is 0.402. The Balaban J connectivity index is 1.99. The number of aromatic nitrogens is 1. The van der Waals surface area contributed by atoms with Gasteiger partial charge in [0, 0.05) is 22.7 Å². The minimum Gasteiger partial charge on any atom is -0.495 e. The fraction of sp³-hybridized carbons (Fsp3) is 0.118. The first-order valence-electron chi connectivity index (χ1n) is 6.89. The van der Waals surface area contributed by atoms with Crippen molar-refractivity contribution in [2.45, 2.75) is 10.6 Å². The van der Waals surface area contributed by atoms with E-state index < -0.39 is 9.84 Å². The van der Waals surface area contributed by atoms with Crippen LogP contribution in [0.4, 0.5) is 0 Å². The zero-order chi connectivity index (χ0) is 16.4. The molecule has 23 heavy (non-hydrogen) atoms. The summed E-state index contributed by atoms with van der Waals surface area (Å²) in [6.45, 7) is 0. The zero-order valence-electron chi connectivity index (χ0n) is 12.4. The van der Waals surface area contributed by atoms with Gasteiger partial charge in [-0.05, 0) is 29.8 Å². The number of methoxy groups -OCH3 is 1. The molecule has 0 aliphatic heterocycles. The van der Waals surface area contributed by atoms with Crippen LogP contribution >= 0.6 is 11.6 Å². The second-order valence-corrected chi connectivity index (χ2v) is 7.48. The maximum atomic E-state index is 12.7. The lowest BCUT2D eigenvalue weighted by atomic mass is 10.2. The van der Waals surface area contributed by atoms with Gasteiger partial charge in [-0.2, -0.15) is 0 Å². The normalized spacial score (nSPS) is 11.6. The van der Waals surface area contributed by atoms with Crippen molar-refractivity contribution >= 4 is 32.3 Å². The van der Waals surface area contributed by atoms with E-state index in [0.717, 1.165) is 10.9 Å². The molecule has 0 spiro atoms. The van der Waals surface area contributed by atoms with E-state index in [4.69, 9.17) is 16.3 Å². The van der Waals surface area contributed by atoms with Crippen LogP contribution in [0.5, 0.6) is 5.75 Å². The van der Waals surface area contributed by atoms with Crippen molar-refractivity contribution in [1.82, 2.24) is 4.98 Å². The standard InChI is InChI=1S/C17H14ClNO3S/c1-22-16-9-14(18)6-7-17(16)23(20,21)11-12-8-13-4-2-3-5-15(13)19-10-12/h2-10H,11H2,1H3. The van der Waals surface area contributed by atoms with E-state index >= 15 is 0 Å². The predicted molar refractivity (Wildman–Crippen MR) is 90.6 cm³/mol. The topological polar surface area (TPSA) is 56.3 Å². The molecule has 3 rings (SSSR count). The third-order valence-corrected chi connectivity index (χ3v) is 5.42. The van der Waals surface area contributed by atoms with Crippen molar-refractivity contribution < 1.29 is 13.2 Å². The number of hydrogen-bond acceptors (Lipinski definition) is 4. The molecule has 1 aromatic heterocycles. The van der Waals surface area contributed by atoms with Crippen molar-refractivity contribution in [1.29, 1.82) is 0 Å². The molecule has 0 fully saturated rings. The second kappa shape index (κ2) is 6.18. The Morgan fingerprint density at radius 3 is 2.70 bits per heavy atom. The largest absolute Gasteiger partial charge is 0.495 e. The summed E-state index contributed by atoms with van der Waals surface area (Å²) in [4.78, 5) is 4.42. The van der Waals surface area contributed by atoms with Gasteiger partial charge in [0.1, 0.15) is 10.6 Å². The van der Waals surface area contributed by atoms with Crippen LogP contribution in [0.25, 0.3) is 10.9 Å². The summed E-state index contributed by atoms with van der Waals surface area (Å²) in [5.41, 5.74) is 1.46. The summed E-state index contributed by atoms with van der Waals surface area (Å²) in [6.07, 6.45) is 1.59. The molecule has 0 aliphatic carbocycles. The lowest BCUT2D eigenvalue weighted by Crippen LogP contribution is -2.07. The summed E-state index contributed by atoms with van der Waals surface area (Å²) in [7, 11) is -2.15. The van der Waals surface area contributed by atoms with Crippen LogP contribution in [0.3, 0.4) is 0 Å². The first-order valence-corrected chi connectivity index (χ1v) is 8.92. The summed E-state index contributed by atoms with van der Waals surface area (Å²) in [6, 6.07) is 13.9. The Morgan fingerprint density at radius 2 is 1.91 bits per heavy atom. The van der Waals surface area contributed by atoms with Crippen molar-refractivity contribution in [2.75, 3.05) is 7.11 Å². The van der Waals surface area contributed by atoms with E-state index in [-0.39, 0.29) is 16.4 Å². The van der Waals surface area contributed by atoms with Crippen LogP contribution < -0.4 is 4.74 Å². The van der Waals surface area contributed by atoms with Crippen molar-refractivity contribution in [3.8, 4) is 5.75 Å². The molecule has 0 radical (unpaired) electrons. The molecule has 6 heteroatoms. The minimum atomic E-state index is -3.57. The van der Waals surface area contributed by atoms with E-state index in [9.17, 15) is 8.42 Å². The smallest absolute Gasteiger partial charge is 0.186 e. The number of ether oxygens (including phenoxy) is 1. The molecule has 0 saturated carbocycles. The van der Waals surface area contributed by atoms with Gasteiger partial charge in [0.25, 0.3) is 0 Å². The molecule has 0 amide bonds. The fourth-order valence-electron chi connectivity index (χ4n) is 2.39. The Morgan fingerprint density at radius 1 is 1.13 bits per heavy atom. The average Bonchev–Trinajstić information content (AvgIpc) is 2.54. The third-order valence-electron chi connectivity index (χ3n) is 3.46. The van der Waals surface area contributed by atoms with E-state index in [0.29, 0.717) is 10.6 Å². The first kappa shape index (κ1) is 15.8. The van der Waals surface area contributed by atoms with Crippen LogP contribution in [0.1, 0.15) is 5.56 Å². The van der Waals surface area contributed by atoms with E-state index in [1.165, 1.54) is 25.3 Å². The molecule has 0 bridgehead atoms. The van der Waals surface area contributed by atoms with Gasteiger partial charge in [-0.15, -0.1) is 0 Å². The fourth-order valence-corrected chi connectivity index (χ4v) is 4.03. The Labute approximate surface area is 139 Å². The average molecular weight is 348 g/mol. The number of pyridine rings is 1. The quantitative estimate of drug-likeness (QED) is 0.719. The van der Waals surface area contributed by atoms with Crippen molar-refractivity contribution in [2.24, 2.45) is 0 Å². The van der Waals surface area contributed by atoms with Gasteiger partial charge >= 0.3 is 0 Å².